The molecule has 0 bridgehead atoms. The third-order valence-electron chi connectivity index (χ3n) is 5.28. The van der Waals surface area contributed by atoms with Gasteiger partial charge in [-0.3, -0.25) is 0 Å². The molecule has 5 aromatic rings. The second kappa shape index (κ2) is 8.04. The van der Waals surface area contributed by atoms with Crippen molar-refractivity contribution in [2.45, 2.75) is 31.6 Å². The van der Waals surface area contributed by atoms with Gasteiger partial charge >= 0.3 is 0 Å². The monoisotopic (exact) mass is 426 g/mol. The van der Waals surface area contributed by atoms with Gasteiger partial charge in [0.15, 0.2) is 0 Å². The lowest BCUT2D eigenvalue weighted by molar-refractivity contribution is 0.540. The van der Waals surface area contributed by atoms with E-state index in [0.717, 1.165) is 38.8 Å². The first kappa shape index (κ1) is 19.6. The summed E-state index contributed by atoms with van der Waals surface area (Å²) in [7, 11) is 0. The van der Waals surface area contributed by atoms with Crippen LogP contribution in [0.2, 0.25) is 0 Å². The Balaban J connectivity index is 1.43. The highest BCUT2D eigenvalue weighted by Gasteiger charge is 2.15. The molecular formula is C25H22N4OS. The molecule has 0 unspecified atom stereocenters. The van der Waals surface area contributed by atoms with Crippen LogP contribution < -0.4 is 0 Å². The standard InChI is InChI=1S/C25H22N4OS/c1-16-9-10-17(2)20(13-16)21-14-23-25(26-11-12-29(23)28-21)31-15-22-18(3)30-24(27-22)19-7-5-4-6-8-19/h4-14H,15H2,1-3H3. The van der Waals surface area contributed by atoms with E-state index in [1.165, 1.54) is 11.1 Å². The van der Waals surface area contributed by atoms with Crippen molar-refractivity contribution in [2.75, 3.05) is 0 Å². The molecule has 3 aromatic heterocycles. The van der Waals surface area contributed by atoms with Gasteiger partial charge in [0.2, 0.25) is 5.89 Å². The Morgan fingerprint density at radius 1 is 1.00 bits per heavy atom. The van der Waals surface area contributed by atoms with E-state index in [2.05, 4.69) is 43.1 Å². The summed E-state index contributed by atoms with van der Waals surface area (Å²) < 4.78 is 7.80. The molecule has 0 aliphatic rings. The summed E-state index contributed by atoms with van der Waals surface area (Å²) in [5, 5.41) is 5.72. The second-order valence-corrected chi connectivity index (χ2v) is 8.55. The van der Waals surface area contributed by atoms with Crippen LogP contribution in [0, 0.1) is 20.8 Å². The van der Waals surface area contributed by atoms with E-state index in [4.69, 9.17) is 14.5 Å². The van der Waals surface area contributed by atoms with Gasteiger partial charge in [-0.05, 0) is 50.6 Å². The summed E-state index contributed by atoms with van der Waals surface area (Å²) in [6, 6.07) is 18.5. The largest absolute Gasteiger partial charge is 0.441 e. The SMILES string of the molecule is Cc1ccc(C)c(-c2cc3c(SCc4nc(-c5ccccc5)oc4C)nccn3n2)c1. The fourth-order valence-corrected chi connectivity index (χ4v) is 4.53. The molecule has 6 heteroatoms. The molecule has 0 aliphatic carbocycles. The molecule has 5 nitrogen and oxygen atoms in total. The molecule has 0 fully saturated rings. The highest BCUT2D eigenvalue weighted by Crippen LogP contribution is 2.31. The number of nitrogens with zero attached hydrogens (tertiary/aromatic N) is 4. The van der Waals surface area contributed by atoms with Gasteiger partial charge in [0, 0.05) is 29.3 Å². The minimum atomic E-state index is 0.654. The van der Waals surface area contributed by atoms with Crippen molar-refractivity contribution in [3.05, 3.63) is 89.6 Å². The van der Waals surface area contributed by atoms with Gasteiger partial charge in [0.1, 0.15) is 10.8 Å². The molecule has 0 atom stereocenters. The third kappa shape index (κ3) is 3.86. The van der Waals surface area contributed by atoms with Gasteiger partial charge < -0.3 is 4.42 Å². The first-order valence-corrected chi connectivity index (χ1v) is 11.1. The predicted octanol–water partition coefficient (Wildman–Crippen LogP) is 6.27. The normalized spacial score (nSPS) is 11.3. The van der Waals surface area contributed by atoms with Crippen molar-refractivity contribution in [1.29, 1.82) is 0 Å². The summed E-state index contributed by atoms with van der Waals surface area (Å²) in [5.41, 5.74) is 7.45. The maximum absolute atomic E-state index is 5.90. The van der Waals surface area contributed by atoms with Crippen LogP contribution >= 0.6 is 11.8 Å². The Morgan fingerprint density at radius 2 is 1.84 bits per heavy atom. The van der Waals surface area contributed by atoms with Gasteiger partial charge in [-0.1, -0.05) is 47.7 Å². The average Bonchev–Trinajstić information content (AvgIpc) is 3.38. The van der Waals surface area contributed by atoms with E-state index in [1.54, 1.807) is 18.0 Å². The van der Waals surface area contributed by atoms with Gasteiger partial charge in [-0.15, -0.1) is 0 Å². The Bertz CT molecular complexity index is 1370. The molecular weight excluding hydrogens is 404 g/mol. The summed E-state index contributed by atoms with van der Waals surface area (Å²) in [5.74, 6) is 2.17. The van der Waals surface area contributed by atoms with Gasteiger partial charge in [0.25, 0.3) is 0 Å². The van der Waals surface area contributed by atoms with Crippen molar-refractivity contribution in [3.8, 4) is 22.7 Å². The van der Waals surface area contributed by atoms with E-state index >= 15 is 0 Å². The lowest BCUT2D eigenvalue weighted by atomic mass is 10.0. The molecule has 2 aromatic carbocycles. The average molecular weight is 427 g/mol. The summed E-state index contributed by atoms with van der Waals surface area (Å²) in [6.07, 6.45) is 3.68. The molecule has 5 rings (SSSR count). The zero-order valence-electron chi connectivity index (χ0n) is 17.7. The minimum Gasteiger partial charge on any atom is -0.441 e. The van der Waals surface area contributed by atoms with Crippen LogP contribution in [0.25, 0.3) is 28.2 Å². The van der Waals surface area contributed by atoms with Crippen molar-refractivity contribution in [3.63, 3.8) is 0 Å². The van der Waals surface area contributed by atoms with Gasteiger partial charge in [-0.2, -0.15) is 5.10 Å². The molecule has 0 saturated heterocycles. The van der Waals surface area contributed by atoms with E-state index in [0.29, 0.717) is 11.6 Å². The summed E-state index contributed by atoms with van der Waals surface area (Å²) >= 11 is 1.65. The Hall–Kier alpha value is -3.38. The number of hydrogen-bond donors (Lipinski definition) is 0. The molecule has 3 heterocycles. The smallest absolute Gasteiger partial charge is 0.226 e. The highest BCUT2D eigenvalue weighted by molar-refractivity contribution is 7.98. The van der Waals surface area contributed by atoms with E-state index in [9.17, 15) is 0 Å². The molecule has 0 aliphatic heterocycles. The van der Waals surface area contributed by atoms with Crippen LogP contribution in [0.4, 0.5) is 0 Å². The maximum Gasteiger partial charge on any atom is 0.226 e. The fraction of sp³-hybridized carbons (Fsp3) is 0.160. The second-order valence-electron chi connectivity index (χ2n) is 7.59. The number of benzene rings is 2. The quantitative estimate of drug-likeness (QED) is 0.310. The Morgan fingerprint density at radius 3 is 2.68 bits per heavy atom. The minimum absolute atomic E-state index is 0.654. The summed E-state index contributed by atoms with van der Waals surface area (Å²) in [6.45, 7) is 6.18. The van der Waals surface area contributed by atoms with Crippen LogP contribution in [0.5, 0.6) is 0 Å². The fourth-order valence-electron chi connectivity index (χ4n) is 3.56. The van der Waals surface area contributed by atoms with Crippen LogP contribution in [0.15, 0.2) is 76.4 Å². The lowest BCUT2D eigenvalue weighted by Crippen LogP contribution is -1.92. The molecule has 154 valence electrons. The van der Waals surface area contributed by atoms with Crippen molar-refractivity contribution < 1.29 is 4.42 Å². The number of rotatable bonds is 5. The van der Waals surface area contributed by atoms with Crippen molar-refractivity contribution in [1.82, 2.24) is 19.6 Å². The number of aryl methyl sites for hydroxylation is 3. The van der Waals surface area contributed by atoms with Crippen molar-refractivity contribution >= 4 is 17.3 Å². The highest BCUT2D eigenvalue weighted by atomic mass is 32.2. The summed E-state index contributed by atoms with van der Waals surface area (Å²) in [4.78, 5) is 9.32. The maximum atomic E-state index is 5.90. The molecule has 0 saturated carbocycles. The van der Waals surface area contributed by atoms with E-state index in [1.807, 2.05) is 48.0 Å². The van der Waals surface area contributed by atoms with Gasteiger partial charge in [-0.25, -0.2) is 14.5 Å². The van der Waals surface area contributed by atoms with Crippen molar-refractivity contribution in [2.24, 2.45) is 0 Å². The van der Waals surface area contributed by atoms with Gasteiger partial charge in [0.05, 0.1) is 16.9 Å². The molecule has 0 N–H and O–H groups in total. The molecule has 0 amide bonds. The Labute approximate surface area is 185 Å². The number of aromatic nitrogens is 4. The van der Waals surface area contributed by atoms with E-state index in [-0.39, 0.29) is 0 Å². The third-order valence-corrected chi connectivity index (χ3v) is 6.29. The van der Waals surface area contributed by atoms with Crippen LogP contribution in [-0.2, 0) is 5.75 Å². The molecule has 31 heavy (non-hydrogen) atoms. The number of thioether (sulfide) groups is 1. The number of fused-ring (bicyclic) bond motifs is 1. The zero-order chi connectivity index (χ0) is 21.4. The molecule has 0 radical (unpaired) electrons. The van der Waals surface area contributed by atoms with Crippen LogP contribution in [0.3, 0.4) is 0 Å². The van der Waals surface area contributed by atoms with Crippen LogP contribution in [0.1, 0.15) is 22.6 Å². The van der Waals surface area contributed by atoms with Crippen LogP contribution in [-0.4, -0.2) is 19.6 Å². The van der Waals surface area contributed by atoms with E-state index < -0.39 is 0 Å². The topological polar surface area (TPSA) is 56.2 Å². The number of hydrogen-bond acceptors (Lipinski definition) is 5. The zero-order valence-corrected chi connectivity index (χ0v) is 18.5. The lowest BCUT2D eigenvalue weighted by Gasteiger charge is -2.03. The first-order valence-electron chi connectivity index (χ1n) is 10.1. The number of oxazole rings is 1. The predicted molar refractivity (Wildman–Crippen MR) is 124 cm³/mol. The Kier molecular flexibility index (Phi) is 5.08. The first-order chi connectivity index (χ1) is 15.1. The molecule has 0 spiro atoms.